The van der Waals surface area contributed by atoms with Crippen molar-refractivity contribution in [2.45, 2.75) is 58.9 Å². The molecule has 180 valence electrons. The number of carbonyl (C=O) groups excluding carboxylic acids is 1. The van der Waals surface area contributed by atoms with E-state index in [2.05, 4.69) is 34.5 Å². The third-order valence-corrected chi connectivity index (χ3v) is 7.35. The zero-order valence-corrected chi connectivity index (χ0v) is 21.1. The molecule has 1 aliphatic rings. The molecule has 0 aromatic heterocycles. The van der Waals surface area contributed by atoms with Gasteiger partial charge in [-0.25, -0.2) is 8.42 Å². The van der Waals surface area contributed by atoms with Crippen molar-refractivity contribution in [3.8, 4) is 0 Å². The summed E-state index contributed by atoms with van der Waals surface area (Å²) < 4.78 is 26.1. The normalized spacial score (nSPS) is 15.2. The second-order valence-electron chi connectivity index (χ2n) is 9.21. The van der Waals surface area contributed by atoms with E-state index in [9.17, 15) is 13.2 Å². The molecule has 0 bridgehead atoms. The highest BCUT2D eigenvalue weighted by atomic mass is 32.2. The number of hydrogen-bond donors (Lipinski definition) is 1. The number of nitrogens with zero attached hydrogens (tertiary/aromatic N) is 2. The summed E-state index contributed by atoms with van der Waals surface area (Å²) in [5, 5.41) is 3.05. The van der Waals surface area contributed by atoms with Crippen LogP contribution in [0.3, 0.4) is 0 Å². The highest BCUT2D eigenvalue weighted by Gasteiger charge is 2.19. The molecule has 0 radical (unpaired) electrons. The lowest BCUT2D eigenvalue weighted by molar-refractivity contribution is -0.121. The van der Waals surface area contributed by atoms with E-state index in [1.807, 2.05) is 39.0 Å². The first-order valence-corrected chi connectivity index (χ1v) is 13.7. The molecule has 2 aromatic rings. The number of rotatable bonds is 9. The lowest BCUT2D eigenvalue weighted by Gasteiger charge is -2.29. The van der Waals surface area contributed by atoms with Crippen LogP contribution >= 0.6 is 0 Å². The Morgan fingerprint density at radius 3 is 2.21 bits per heavy atom. The molecule has 1 N–H and O–H groups in total. The highest BCUT2D eigenvalue weighted by Crippen LogP contribution is 2.24. The van der Waals surface area contributed by atoms with Crippen molar-refractivity contribution in [3.63, 3.8) is 0 Å². The molecule has 0 aliphatic carbocycles. The van der Waals surface area contributed by atoms with Gasteiger partial charge in [0.05, 0.1) is 18.0 Å². The van der Waals surface area contributed by atoms with E-state index in [1.165, 1.54) is 35.5 Å². The summed E-state index contributed by atoms with van der Waals surface area (Å²) in [5.41, 5.74) is 4.98. The van der Waals surface area contributed by atoms with Gasteiger partial charge >= 0.3 is 0 Å². The van der Waals surface area contributed by atoms with Crippen LogP contribution in [0.4, 0.5) is 11.4 Å². The minimum Gasteiger partial charge on any atom is -0.372 e. The molecular weight excluding hydrogens is 434 g/mol. The quantitative estimate of drug-likeness (QED) is 0.575. The molecule has 6 nitrogen and oxygen atoms in total. The molecule has 1 fully saturated rings. The van der Waals surface area contributed by atoms with Crippen LogP contribution in [-0.4, -0.2) is 40.2 Å². The number of carbonyl (C=O) groups is 1. The Hall–Kier alpha value is -2.54. The molecule has 1 aliphatic heterocycles. The maximum atomic E-state index is 12.5. The van der Waals surface area contributed by atoms with E-state index in [0.717, 1.165) is 29.8 Å². The molecule has 1 heterocycles. The molecule has 1 saturated heterocycles. The van der Waals surface area contributed by atoms with Crippen molar-refractivity contribution in [1.29, 1.82) is 0 Å². The topological polar surface area (TPSA) is 69.7 Å². The summed E-state index contributed by atoms with van der Waals surface area (Å²) in [7, 11) is -3.43. The Kier molecular flexibility index (Phi) is 8.40. The number of benzene rings is 2. The fourth-order valence-corrected chi connectivity index (χ4v) is 5.44. The van der Waals surface area contributed by atoms with Gasteiger partial charge in [-0.05, 0) is 87.4 Å². The predicted molar refractivity (Wildman–Crippen MR) is 136 cm³/mol. The van der Waals surface area contributed by atoms with E-state index in [1.54, 1.807) is 0 Å². The van der Waals surface area contributed by atoms with E-state index < -0.39 is 10.0 Å². The third kappa shape index (κ3) is 7.22. The van der Waals surface area contributed by atoms with Crippen LogP contribution in [0.2, 0.25) is 0 Å². The van der Waals surface area contributed by atoms with Crippen LogP contribution in [0, 0.1) is 13.8 Å². The Morgan fingerprint density at radius 1 is 1.03 bits per heavy atom. The van der Waals surface area contributed by atoms with Crippen LogP contribution in [0.25, 0.3) is 0 Å². The third-order valence-electron chi connectivity index (χ3n) is 6.15. The van der Waals surface area contributed by atoms with E-state index >= 15 is 0 Å². The number of amides is 1. The first-order chi connectivity index (χ1) is 15.6. The number of aryl methyl sites for hydroxylation is 2. The fourth-order valence-electron chi connectivity index (χ4n) is 4.49. The molecule has 2 aromatic carbocycles. The number of hydrogen-bond acceptors (Lipinski definition) is 4. The Labute approximate surface area is 199 Å². The van der Waals surface area contributed by atoms with Crippen molar-refractivity contribution in [1.82, 2.24) is 5.32 Å². The smallest absolute Gasteiger partial charge is 0.232 e. The Balaban J connectivity index is 1.53. The second-order valence-corrected chi connectivity index (χ2v) is 11.1. The summed E-state index contributed by atoms with van der Waals surface area (Å²) in [6, 6.07) is 14.1. The van der Waals surface area contributed by atoms with Crippen LogP contribution in [-0.2, 0) is 14.8 Å². The second kappa shape index (κ2) is 11.1. The standard InChI is InChI=1S/C26H37N3O3S/c1-20-17-21(2)19-25(18-20)29(33(4,31)32)16-8-9-26(30)27-22(3)23-10-12-24(13-11-23)28-14-6-5-7-15-28/h10-13,17-19,22H,5-9,14-16H2,1-4H3,(H,27,30)/t22-/m1/s1. The molecule has 0 saturated carbocycles. The van der Waals surface area contributed by atoms with Crippen molar-refractivity contribution in [3.05, 3.63) is 59.2 Å². The van der Waals surface area contributed by atoms with Gasteiger partial charge in [0.2, 0.25) is 15.9 Å². The first-order valence-electron chi connectivity index (χ1n) is 11.8. The molecule has 7 heteroatoms. The first kappa shape index (κ1) is 25.1. The van der Waals surface area contributed by atoms with Gasteiger partial charge in [0.15, 0.2) is 0 Å². The molecule has 0 unspecified atom stereocenters. The van der Waals surface area contributed by atoms with Crippen molar-refractivity contribution >= 4 is 27.3 Å². The monoisotopic (exact) mass is 471 g/mol. The summed E-state index contributed by atoms with van der Waals surface area (Å²) in [6.45, 7) is 8.37. The molecular formula is C26H37N3O3S. The SMILES string of the molecule is Cc1cc(C)cc(N(CCCC(=O)N[C@H](C)c2ccc(N3CCCCC3)cc2)S(C)(=O)=O)c1. The summed E-state index contributed by atoms with van der Waals surface area (Å²) in [6.07, 6.45) is 5.73. The van der Waals surface area contributed by atoms with Crippen molar-refractivity contribution < 1.29 is 13.2 Å². The van der Waals surface area contributed by atoms with E-state index in [-0.39, 0.29) is 24.9 Å². The minimum atomic E-state index is -3.43. The zero-order chi connectivity index (χ0) is 24.0. The number of piperidine rings is 1. The largest absolute Gasteiger partial charge is 0.372 e. The molecule has 0 spiro atoms. The van der Waals surface area contributed by atoms with Gasteiger partial charge in [0, 0.05) is 31.7 Å². The molecule has 1 amide bonds. The van der Waals surface area contributed by atoms with Crippen LogP contribution in [0.1, 0.15) is 61.8 Å². The van der Waals surface area contributed by atoms with Crippen molar-refractivity contribution in [2.75, 3.05) is 35.1 Å². The van der Waals surface area contributed by atoms with Gasteiger partial charge in [-0.3, -0.25) is 9.10 Å². The van der Waals surface area contributed by atoms with Crippen LogP contribution in [0.5, 0.6) is 0 Å². The van der Waals surface area contributed by atoms with E-state index in [0.29, 0.717) is 12.1 Å². The van der Waals surface area contributed by atoms with Gasteiger partial charge in [0.1, 0.15) is 0 Å². The van der Waals surface area contributed by atoms with Crippen molar-refractivity contribution in [2.24, 2.45) is 0 Å². The van der Waals surface area contributed by atoms with Gasteiger partial charge in [0.25, 0.3) is 0 Å². The van der Waals surface area contributed by atoms with Crippen LogP contribution < -0.4 is 14.5 Å². The number of nitrogens with one attached hydrogen (secondary N) is 1. The van der Waals surface area contributed by atoms with Gasteiger partial charge in [-0.2, -0.15) is 0 Å². The maximum Gasteiger partial charge on any atom is 0.232 e. The summed E-state index contributed by atoms with van der Waals surface area (Å²) >= 11 is 0. The van der Waals surface area contributed by atoms with E-state index in [4.69, 9.17) is 0 Å². The average Bonchev–Trinajstić information content (AvgIpc) is 2.76. The lowest BCUT2D eigenvalue weighted by atomic mass is 10.1. The summed E-state index contributed by atoms with van der Waals surface area (Å²) in [4.78, 5) is 14.9. The van der Waals surface area contributed by atoms with Gasteiger partial charge in [-0.15, -0.1) is 0 Å². The maximum absolute atomic E-state index is 12.5. The molecule has 3 rings (SSSR count). The minimum absolute atomic E-state index is 0.0727. The zero-order valence-electron chi connectivity index (χ0n) is 20.3. The average molecular weight is 472 g/mol. The number of sulfonamides is 1. The fraction of sp³-hybridized carbons (Fsp3) is 0.500. The van der Waals surface area contributed by atoms with Gasteiger partial charge < -0.3 is 10.2 Å². The van der Waals surface area contributed by atoms with Gasteiger partial charge in [-0.1, -0.05) is 18.2 Å². The number of anilines is 2. The Bertz CT molecular complexity index is 1020. The highest BCUT2D eigenvalue weighted by molar-refractivity contribution is 7.92. The lowest BCUT2D eigenvalue weighted by Crippen LogP contribution is -2.32. The predicted octanol–water partition coefficient (Wildman–Crippen LogP) is 4.72. The molecule has 33 heavy (non-hydrogen) atoms. The molecule has 1 atom stereocenters. The Morgan fingerprint density at radius 2 is 1.64 bits per heavy atom. The van der Waals surface area contributed by atoms with Crippen LogP contribution in [0.15, 0.2) is 42.5 Å². The summed E-state index contributed by atoms with van der Waals surface area (Å²) in [5.74, 6) is -0.0727.